The summed E-state index contributed by atoms with van der Waals surface area (Å²) in [5.74, 6) is 0.805. The topological polar surface area (TPSA) is 44.8 Å². The van der Waals surface area contributed by atoms with Crippen molar-refractivity contribution in [1.29, 1.82) is 0 Å². The lowest BCUT2D eigenvalue weighted by Crippen LogP contribution is -2.35. The van der Waals surface area contributed by atoms with Crippen molar-refractivity contribution < 1.29 is 0 Å². The van der Waals surface area contributed by atoms with Crippen molar-refractivity contribution in [3.63, 3.8) is 0 Å². The van der Waals surface area contributed by atoms with Gasteiger partial charge in [-0.3, -0.25) is 0 Å². The smallest absolute Gasteiger partial charge is 0.140 e. The molecule has 4 nitrogen and oxygen atoms in total. The van der Waals surface area contributed by atoms with E-state index < -0.39 is 0 Å². The van der Waals surface area contributed by atoms with Crippen molar-refractivity contribution >= 4 is 28.1 Å². The predicted molar refractivity (Wildman–Crippen MR) is 92.4 cm³/mol. The van der Waals surface area contributed by atoms with Gasteiger partial charge < -0.3 is 9.88 Å². The van der Waals surface area contributed by atoms with Gasteiger partial charge in [0.15, 0.2) is 0 Å². The second kappa shape index (κ2) is 5.72. The highest BCUT2D eigenvalue weighted by Crippen LogP contribution is 2.37. The molecule has 1 saturated heterocycles. The van der Waals surface area contributed by atoms with Gasteiger partial charge >= 0.3 is 0 Å². The summed E-state index contributed by atoms with van der Waals surface area (Å²) < 4.78 is 0. The average molecular weight is 312 g/mol. The van der Waals surface area contributed by atoms with Gasteiger partial charge in [-0.1, -0.05) is 13.3 Å². The molecular formula is C17H20N4S. The molecule has 0 unspecified atom stereocenters. The first kappa shape index (κ1) is 13.8. The summed E-state index contributed by atoms with van der Waals surface area (Å²) in [4.78, 5) is 14.8. The molecule has 5 heteroatoms. The Labute approximate surface area is 134 Å². The van der Waals surface area contributed by atoms with E-state index in [-0.39, 0.29) is 0 Å². The van der Waals surface area contributed by atoms with Crippen molar-refractivity contribution in [2.75, 3.05) is 18.0 Å². The number of nitrogens with one attached hydrogen (secondary N) is 1. The Hall–Kier alpha value is -1.88. The molecule has 22 heavy (non-hydrogen) atoms. The van der Waals surface area contributed by atoms with Crippen molar-refractivity contribution in [3.8, 4) is 10.6 Å². The second-order valence-electron chi connectivity index (χ2n) is 5.96. The summed E-state index contributed by atoms with van der Waals surface area (Å²) >= 11 is 1.68. The minimum atomic E-state index is 0.805. The van der Waals surface area contributed by atoms with Crippen molar-refractivity contribution in [2.24, 2.45) is 5.92 Å². The van der Waals surface area contributed by atoms with E-state index in [9.17, 15) is 0 Å². The summed E-state index contributed by atoms with van der Waals surface area (Å²) in [5, 5.41) is 4.30. The lowest BCUT2D eigenvalue weighted by molar-refractivity contribution is 0.405. The normalized spacial score (nSPS) is 19.0. The summed E-state index contributed by atoms with van der Waals surface area (Å²) in [6, 6.07) is 2.16. The molecular weight excluding hydrogens is 292 g/mol. The lowest BCUT2D eigenvalue weighted by atomic mass is 9.95. The molecule has 1 aliphatic heterocycles. The number of pyridine rings is 1. The first-order valence-electron chi connectivity index (χ1n) is 7.97. The zero-order valence-corrected chi connectivity index (χ0v) is 13.6. The Morgan fingerprint density at radius 1 is 1.36 bits per heavy atom. The largest absolute Gasteiger partial charge is 0.371 e. The molecule has 1 aliphatic rings. The van der Waals surface area contributed by atoms with Gasteiger partial charge in [0.2, 0.25) is 0 Å². The van der Waals surface area contributed by atoms with Crippen LogP contribution in [0.5, 0.6) is 0 Å². The maximum Gasteiger partial charge on any atom is 0.140 e. The predicted octanol–water partition coefficient (Wildman–Crippen LogP) is 4.31. The first-order valence-corrected chi connectivity index (χ1v) is 8.85. The van der Waals surface area contributed by atoms with Crippen LogP contribution in [0.25, 0.3) is 21.6 Å². The highest BCUT2D eigenvalue weighted by molar-refractivity contribution is 7.13. The van der Waals surface area contributed by atoms with E-state index in [1.165, 1.54) is 35.9 Å². The molecule has 3 aromatic heterocycles. The molecule has 1 atom stereocenters. The van der Waals surface area contributed by atoms with Crippen LogP contribution in [0.3, 0.4) is 0 Å². The van der Waals surface area contributed by atoms with Crippen LogP contribution < -0.4 is 4.90 Å². The number of anilines is 1. The number of H-pyrrole nitrogens is 1. The van der Waals surface area contributed by atoms with E-state index in [1.807, 2.05) is 24.0 Å². The SMILES string of the molecule is CC[C@H]1CCCN(c2ccnc3[nH]cc(-c4nccs4)c23)C1. The van der Waals surface area contributed by atoms with Gasteiger partial charge in [-0.15, -0.1) is 11.3 Å². The maximum absolute atomic E-state index is 4.50. The molecule has 0 saturated carbocycles. The van der Waals surface area contributed by atoms with Crippen LogP contribution in [0, 0.1) is 5.92 Å². The molecule has 0 radical (unpaired) electrons. The van der Waals surface area contributed by atoms with Gasteiger partial charge in [-0.25, -0.2) is 9.97 Å². The van der Waals surface area contributed by atoms with E-state index in [0.29, 0.717) is 0 Å². The molecule has 1 fully saturated rings. The van der Waals surface area contributed by atoms with E-state index in [2.05, 4.69) is 32.8 Å². The standard InChI is InChI=1S/C17H20N4S/c1-2-12-4-3-8-21(11-12)14-5-6-18-16-15(14)13(10-20-16)17-19-7-9-22-17/h5-7,9-10,12H,2-4,8,11H2,1H3,(H,18,20)/t12-/m0/s1. The molecule has 4 rings (SSSR count). The maximum atomic E-state index is 4.50. The minimum Gasteiger partial charge on any atom is -0.371 e. The van der Waals surface area contributed by atoms with Gasteiger partial charge in [0.05, 0.1) is 11.1 Å². The molecule has 0 bridgehead atoms. The number of aromatic nitrogens is 3. The number of aromatic amines is 1. The third kappa shape index (κ3) is 2.29. The molecule has 3 aromatic rings. The van der Waals surface area contributed by atoms with Crippen LogP contribution in [-0.4, -0.2) is 28.0 Å². The average Bonchev–Trinajstić information content (AvgIpc) is 3.23. The summed E-state index contributed by atoms with van der Waals surface area (Å²) in [5.41, 5.74) is 3.43. The molecule has 114 valence electrons. The number of piperidine rings is 1. The molecule has 0 aliphatic carbocycles. The lowest BCUT2D eigenvalue weighted by Gasteiger charge is -2.34. The van der Waals surface area contributed by atoms with Crippen LogP contribution in [0.4, 0.5) is 5.69 Å². The summed E-state index contributed by atoms with van der Waals surface area (Å²) in [6.07, 6.45) is 9.71. The van der Waals surface area contributed by atoms with Gasteiger partial charge in [-0.2, -0.15) is 0 Å². The number of rotatable bonds is 3. The van der Waals surface area contributed by atoms with E-state index in [0.717, 1.165) is 29.7 Å². The highest BCUT2D eigenvalue weighted by atomic mass is 32.1. The first-order chi connectivity index (χ1) is 10.9. The zero-order valence-electron chi connectivity index (χ0n) is 12.7. The zero-order chi connectivity index (χ0) is 14.9. The van der Waals surface area contributed by atoms with E-state index >= 15 is 0 Å². The van der Waals surface area contributed by atoms with Crippen LogP contribution in [-0.2, 0) is 0 Å². The van der Waals surface area contributed by atoms with Crippen molar-refractivity contribution in [2.45, 2.75) is 26.2 Å². The molecule has 0 amide bonds. The number of nitrogens with zero attached hydrogens (tertiary/aromatic N) is 3. The Bertz CT molecular complexity index is 762. The molecule has 0 spiro atoms. The van der Waals surface area contributed by atoms with Crippen LogP contribution in [0.1, 0.15) is 26.2 Å². The Kier molecular flexibility index (Phi) is 3.58. The minimum absolute atomic E-state index is 0.805. The van der Waals surface area contributed by atoms with Crippen LogP contribution in [0.2, 0.25) is 0 Å². The second-order valence-corrected chi connectivity index (χ2v) is 6.85. The quantitative estimate of drug-likeness (QED) is 0.783. The molecule has 1 N–H and O–H groups in total. The Morgan fingerprint density at radius 2 is 2.32 bits per heavy atom. The molecule has 0 aromatic carbocycles. The monoisotopic (exact) mass is 312 g/mol. The Morgan fingerprint density at radius 3 is 3.14 bits per heavy atom. The highest BCUT2D eigenvalue weighted by Gasteiger charge is 2.22. The van der Waals surface area contributed by atoms with Gasteiger partial charge in [-0.05, 0) is 24.8 Å². The third-order valence-corrected chi connectivity index (χ3v) is 5.46. The Balaban J connectivity index is 1.82. The fourth-order valence-corrected chi connectivity index (χ4v) is 4.11. The summed E-state index contributed by atoms with van der Waals surface area (Å²) in [6.45, 7) is 4.59. The van der Waals surface area contributed by atoms with Crippen molar-refractivity contribution in [3.05, 3.63) is 30.0 Å². The number of thiazole rings is 1. The third-order valence-electron chi connectivity index (χ3n) is 4.65. The van der Waals surface area contributed by atoms with Crippen LogP contribution in [0.15, 0.2) is 30.0 Å². The fourth-order valence-electron chi connectivity index (χ4n) is 3.45. The van der Waals surface area contributed by atoms with Gasteiger partial charge in [0.1, 0.15) is 10.7 Å². The van der Waals surface area contributed by atoms with E-state index in [1.54, 1.807) is 11.3 Å². The number of hydrogen-bond acceptors (Lipinski definition) is 4. The summed E-state index contributed by atoms with van der Waals surface area (Å²) in [7, 11) is 0. The fraction of sp³-hybridized carbons (Fsp3) is 0.412. The van der Waals surface area contributed by atoms with Gasteiger partial charge in [0, 0.05) is 42.6 Å². The van der Waals surface area contributed by atoms with E-state index in [4.69, 9.17) is 0 Å². The van der Waals surface area contributed by atoms with Crippen LogP contribution >= 0.6 is 11.3 Å². The number of fused-ring (bicyclic) bond motifs is 1. The van der Waals surface area contributed by atoms with Crippen molar-refractivity contribution in [1.82, 2.24) is 15.0 Å². The number of hydrogen-bond donors (Lipinski definition) is 1. The van der Waals surface area contributed by atoms with Gasteiger partial charge in [0.25, 0.3) is 0 Å². The molecule has 4 heterocycles.